The number of rotatable bonds is 5. The third kappa shape index (κ3) is 4.52. The fourth-order valence-corrected chi connectivity index (χ4v) is 5.48. The molecule has 2 aliphatic rings. The third-order valence-corrected chi connectivity index (χ3v) is 6.91. The van der Waals surface area contributed by atoms with Gasteiger partial charge < -0.3 is 9.80 Å². The minimum atomic E-state index is -2.97. The van der Waals surface area contributed by atoms with E-state index < -0.39 is 9.84 Å². The standard InChI is InChI=1S/C18H27N3O3S/c1-2-21(17-8-13-25(23,24)15-17)18(22)14-19-9-11-20(12-10-19)16-6-4-3-5-7-16/h3-7,17H,2,8-15H2,1H3/t17-/m1/s1. The van der Waals surface area contributed by atoms with Crippen molar-refractivity contribution in [2.75, 3.05) is 55.7 Å². The summed E-state index contributed by atoms with van der Waals surface area (Å²) in [6, 6.07) is 10.2. The van der Waals surface area contributed by atoms with Crippen LogP contribution in [0.3, 0.4) is 0 Å². The highest BCUT2D eigenvalue weighted by molar-refractivity contribution is 7.91. The van der Waals surface area contributed by atoms with Gasteiger partial charge in [0.15, 0.2) is 9.84 Å². The summed E-state index contributed by atoms with van der Waals surface area (Å²) in [7, 11) is -2.97. The highest BCUT2D eigenvalue weighted by atomic mass is 32.2. The lowest BCUT2D eigenvalue weighted by Gasteiger charge is -2.37. The van der Waals surface area contributed by atoms with Gasteiger partial charge in [-0.05, 0) is 25.5 Å². The van der Waals surface area contributed by atoms with E-state index in [4.69, 9.17) is 0 Å². The summed E-state index contributed by atoms with van der Waals surface area (Å²) in [6.45, 7) is 6.39. The van der Waals surface area contributed by atoms with Gasteiger partial charge in [-0.15, -0.1) is 0 Å². The zero-order valence-electron chi connectivity index (χ0n) is 14.8. The molecule has 2 aliphatic heterocycles. The van der Waals surface area contributed by atoms with E-state index in [9.17, 15) is 13.2 Å². The molecule has 2 saturated heterocycles. The molecule has 1 aromatic rings. The van der Waals surface area contributed by atoms with Gasteiger partial charge in [0.2, 0.25) is 5.91 Å². The van der Waals surface area contributed by atoms with Crippen LogP contribution in [0.2, 0.25) is 0 Å². The molecular formula is C18H27N3O3S. The van der Waals surface area contributed by atoms with E-state index in [-0.39, 0.29) is 23.5 Å². The molecule has 2 heterocycles. The van der Waals surface area contributed by atoms with Gasteiger partial charge in [0.05, 0.1) is 18.1 Å². The first kappa shape index (κ1) is 18.2. The van der Waals surface area contributed by atoms with E-state index in [1.54, 1.807) is 4.90 Å². The number of carbonyl (C=O) groups is 1. The van der Waals surface area contributed by atoms with Crippen molar-refractivity contribution in [3.63, 3.8) is 0 Å². The van der Waals surface area contributed by atoms with Crippen molar-refractivity contribution >= 4 is 21.4 Å². The van der Waals surface area contributed by atoms with Crippen molar-refractivity contribution < 1.29 is 13.2 Å². The smallest absolute Gasteiger partial charge is 0.237 e. The number of sulfone groups is 1. The lowest BCUT2D eigenvalue weighted by atomic mass is 10.2. The number of likely N-dealkylation sites (N-methyl/N-ethyl adjacent to an activating group) is 1. The van der Waals surface area contributed by atoms with Gasteiger partial charge in [0.25, 0.3) is 0 Å². The fourth-order valence-electron chi connectivity index (χ4n) is 3.74. The molecule has 6 nitrogen and oxygen atoms in total. The van der Waals surface area contributed by atoms with Crippen LogP contribution in [-0.4, -0.2) is 80.9 Å². The second-order valence-corrected chi connectivity index (χ2v) is 9.06. The maximum Gasteiger partial charge on any atom is 0.237 e. The van der Waals surface area contributed by atoms with Crippen LogP contribution in [-0.2, 0) is 14.6 Å². The maximum atomic E-state index is 12.7. The van der Waals surface area contributed by atoms with E-state index in [1.807, 2.05) is 25.1 Å². The first-order valence-corrected chi connectivity index (χ1v) is 10.8. The van der Waals surface area contributed by atoms with Crippen LogP contribution >= 0.6 is 0 Å². The molecule has 138 valence electrons. The predicted molar refractivity (Wildman–Crippen MR) is 99.5 cm³/mol. The predicted octanol–water partition coefficient (Wildman–Crippen LogP) is 0.844. The Balaban J connectivity index is 1.52. The average molecular weight is 365 g/mol. The molecule has 2 fully saturated rings. The number of hydrogen-bond donors (Lipinski definition) is 0. The van der Waals surface area contributed by atoms with Crippen molar-refractivity contribution in [2.24, 2.45) is 0 Å². The quantitative estimate of drug-likeness (QED) is 0.774. The van der Waals surface area contributed by atoms with E-state index in [2.05, 4.69) is 21.9 Å². The number of piperazine rings is 1. The zero-order chi connectivity index (χ0) is 17.9. The summed E-state index contributed by atoms with van der Waals surface area (Å²) in [5.74, 6) is 0.378. The lowest BCUT2D eigenvalue weighted by molar-refractivity contribution is -0.134. The van der Waals surface area contributed by atoms with Crippen LogP contribution in [0.5, 0.6) is 0 Å². The van der Waals surface area contributed by atoms with Gasteiger partial charge in [-0.3, -0.25) is 9.69 Å². The summed E-state index contributed by atoms with van der Waals surface area (Å²) in [6.07, 6.45) is 0.573. The largest absolute Gasteiger partial charge is 0.369 e. The SMILES string of the molecule is CCN(C(=O)CN1CCN(c2ccccc2)CC1)[C@@H]1CCS(=O)(=O)C1. The summed E-state index contributed by atoms with van der Waals surface area (Å²) in [4.78, 5) is 18.9. The molecule has 0 radical (unpaired) electrons. The van der Waals surface area contributed by atoms with Gasteiger partial charge in [0.1, 0.15) is 0 Å². The molecule has 1 amide bonds. The molecule has 0 unspecified atom stereocenters. The van der Waals surface area contributed by atoms with Crippen LogP contribution < -0.4 is 4.90 Å². The van der Waals surface area contributed by atoms with Crippen molar-refractivity contribution in [1.29, 1.82) is 0 Å². The number of amides is 1. The number of nitrogens with zero attached hydrogens (tertiary/aromatic N) is 3. The normalized spacial score (nSPS) is 23.6. The van der Waals surface area contributed by atoms with E-state index in [0.29, 0.717) is 19.5 Å². The molecule has 0 aliphatic carbocycles. The average Bonchev–Trinajstić information content (AvgIpc) is 2.96. The summed E-state index contributed by atoms with van der Waals surface area (Å²) < 4.78 is 23.4. The van der Waals surface area contributed by atoms with Gasteiger partial charge in [0, 0.05) is 44.5 Å². The minimum Gasteiger partial charge on any atom is -0.369 e. The second kappa shape index (κ2) is 7.74. The van der Waals surface area contributed by atoms with E-state index >= 15 is 0 Å². The molecule has 0 saturated carbocycles. The Morgan fingerprint density at radius 1 is 1.16 bits per heavy atom. The topological polar surface area (TPSA) is 60.9 Å². The van der Waals surface area contributed by atoms with Crippen LogP contribution in [0.1, 0.15) is 13.3 Å². The molecule has 0 spiro atoms. The molecule has 3 rings (SSSR count). The Bertz CT molecular complexity index is 685. The van der Waals surface area contributed by atoms with Crippen molar-refractivity contribution in [3.8, 4) is 0 Å². The Labute approximate surface area is 150 Å². The molecule has 7 heteroatoms. The Hall–Kier alpha value is -1.60. The van der Waals surface area contributed by atoms with Gasteiger partial charge in [-0.25, -0.2) is 8.42 Å². The zero-order valence-corrected chi connectivity index (χ0v) is 15.6. The highest BCUT2D eigenvalue weighted by Gasteiger charge is 2.34. The molecule has 0 N–H and O–H groups in total. The number of benzene rings is 1. The van der Waals surface area contributed by atoms with Gasteiger partial charge >= 0.3 is 0 Å². The lowest BCUT2D eigenvalue weighted by Crippen LogP contribution is -2.51. The minimum absolute atomic E-state index is 0.0535. The van der Waals surface area contributed by atoms with Gasteiger partial charge in [-0.2, -0.15) is 0 Å². The third-order valence-electron chi connectivity index (χ3n) is 5.16. The molecule has 0 aromatic heterocycles. The maximum absolute atomic E-state index is 12.7. The number of carbonyl (C=O) groups excluding carboxylic acids is 1. The van der Waals surface area contributed by atoms with E-state index in [0.717, 1.165) is 26.2 Å². The van der Waals surface area contributed by atoms with Crippen molar-refractivity contribution in [2.45, 2.75) is 19.4 Å². The monoisotopic (exact) mass is 365 g/mol. The van der Waals surface area contributed by atoms with Crippen LogP contribution in [0.15, 0.2) is 30.3 Å². The molecule has 0 bridgehead atoms. The van der Waals surface area contributed by atoms with Gasteiger partial charge in [-0.1, -0.05) is 18.2 Å². The molecular weight excluding hydrogens is 338 g/mol. The Morgan fingerprint density at radius 3 is 2.40 bits per heavy atom. The van der Waals surface area contributed by atoms with Crippen molar-refractivity contribution in [3.05, 3.63) is 30.3 Å². The van der Waals surface area contributed by atoms with Crippen LogP contribution in [0.25, 0.3) is 0 Å². The molecule has 25 heavy (non-hydrogen) atoms. The van der Waals surface area contributed by atoms with Crippen molar-refractivity contribution in [1.82, 2.24) is 9.80 Å². The second-order valence-electron chi connectivity index (χ2n) is 6.84. The van der Waals surface area contributed by atoms with Crippen LogP contribution in [0, 0.1) is 0 Å². The molecule has 1 atom stereocenters. The first-order valence-electron chi connectivity index (χ1n) is 9.01. The highest BCUT2D eigenvalue weighted by Crippen LogP contribution is 2.19. The first-order chi connectivity index (χ1) is 12.0. The number of anilines is 1. The Morgan fingerprint density at radius 2 is 1.84 bits per heavy atom. The number of hydrogen-bond acceptors (Lipinski definition) is 5. The summed E-state index contributed by atoms with van der Waals surface area (Å²) in [5, 5.41) is 0. The Kier molecular flexibility index (Phi) is 5.64. The summed E-state index contributed by atoms with van der Waals surface area (Å²) >= 11 is 0. The van der Waals surface area contributed by atoms with Crippen LogP contribution in [0.4, 0.5) is 5.69 Å². The fraction of sp³-hybridized carbons (Fsp3) is 0.611. The summed E-state index contributed by atoms with van der Waals surface area (Å²) in [5.41, 5.74) is 1.22. The molecule has 1 aromatic carbocycles. The number of para-hydroxylation sites is 1. The van der Waals surface area contributed by atoms with E-state index in [1.165, 1.54) is 5.69 Å².